The molecule has 0 aromatic rings. The summed E-state index contributed by atoms with van der Waals surface area (Å²) < 4.78 is 5.30. The molecule has 2 unspecified atom stereocenters. The molecule has 0 radical (unpaired) electrons. The summed E-state index contributed by atoms with van der Waals surface area (Å²) in [5, 5.41) is 0. The van der Waals surface area contributed by atoms with Crippen LogP contribution in [0.25, 0.3) is 0 Å². The van der Waals surface area contributed by atoms with Crippen molar-refractivity contribution in [1.82, 2.24) is 9.80 Å². The maximum absolute atomic E-state index is 5.90. The van der Waals surface area contributed by atoms with Crippen LogP contribution in [-0.4, -0.2) is 67.2 Å². The molecule has 2 bridgehead atoms. The smallest absolute Gasteiger partial charge is 0.191 e. The molecule has 0 amide bonds. The number of likely N-dealkylation sites (tertiary alicyclic amines) is 1. The Morgan fingerprint density at radius 2 is 1.81 bits per heavy atom. The summed E-state index contributed by atoms with van der Waals surface area (Å²) in [4.78, 5) is 8.99. The Hall–Kier alpha value is -0.810. The molecule has 0 spiro atoms. The van der Waals surface area contributed by atoms with Gasteiger partial charge in [0.15, 0.2) is 5.96 Å². The third kappa shape index (κ3) is 1.50. The second kappa shape index (κ2) is 3.89. The Morgan fingerprint density at radius 1 is 1.19 bits per heavy atom. The quantitative estimate of drug-likeness (QED) is 0.481. The van der Waals surface area contributed by atoms with E-state index in [0.717, 1.165) is 26.3 Å². The van der Waals surface area contributed by atoms with E-state index in [1.807, 2.05) is 0 Å². The second-order valence-electron chi connectivity index (χ2n) is 5.01. The highest BCUT2D eigenvalue weighted by atomic mass is 16.5. The van der Waals surface area contributed by atoms with Crippen LogP contribution in [-0.2, 0) is 4.74 Å². The van der Waals surface area contributed by atoms with E-state index in [-0.39, 0.29) is 0 Å². The molecule has 0 aromatic heterocycles. The van der Waals surface area contributed by atoms with E-state index in [1.165, 1.54) is 12.8 Å². The lowest BCUT2D eigenvalue weighted by molar-refractivity contribution is -0.0950. The molecule has 16 heavy (non-hydrogen) atoms. The minimum atomic E-state index is 0.660. The average molecular weight is 224 g/mol. The van der Waals surface area contributed by atoms with Crippen LogP contribution in [0.15, 0.2) is 4.99 Å². The van der Waals surface area contributed by atoms with E-state index >= 15 is 0 Å². The Kier molecular flexibility index (Phi) is 2.52. The fraction of sp³-hybridized carbons (Fsp3) is 0.909. The SMILES string of the molecule is CN=C(N)N1CC2CCC(C1)N2C1COC1. The maximum atomic E-state index is 5.90. The average Bonchev–Trinajstić information content (AvgIpc) is 2.49. The molecule has 0 aromatic carbocycles. The highest BCUT2D eigenvalue weighted by Gasteiger charge is 2.45. The minimum Gasteiger partial charge on any atom is -0.378 e. The molecular weight excluding hydrogens is 204 g/mol. The van der Waals surface area contributed by atoms with Gasteiger partial charge in [0, 0.05) is 32.2 Å². The Bertz CT molecular complexity index is 288. The van der Waals surface area contributed by atoms with Crippen LogP contribution in [0.4, 0.5) is 0 Å². The summed E-state index contributed by atoms with van der Waals surface area (Å²) in [6.07, 6.45) is 2.60. The number of nitrogens with two attached hydrogens (primary N) is 1. The van der Waals surface area contributed by atoms with Crippen molar-refractivity contribution < 1.29 is 4.74 Å². The largest absolute Gasteiger partial charge is 0.378 e. The Morgan fingerprint density at radius 3 is 2.25 bits per heavy atom. The van der Waals surface area contributed by atoms with Gasteiger partial charge in [0.05, 0.1) is 19.3 Å². The molecule has 0 saturated carbocycles. The fourth-order valence-electron chi connectivity index (χ4n) is 3.26. The number of fused-ring (bicyclic) bond motifs is 2. The third-order valence-electron chi connectivity index (χ3n) is 4.13. The van der Waals surface area contributed by atoms with Crippen LogP contribution < -0.4 is 5.73 Å². The van der Waals surface area contributed by atoms with E-state index in [0.29, 0.717) is 24.1 Å². The highest BCUT2D eigenvalue weighted by Crippen LogP contribution is 2.33. The molecule has 2 atom stereocenters. The number of ether oxygens (including phenoxy) is 1. The molecule has 0 aliphatic carbocycles. The standard InChI is InChI=1S/C11H20N4O/c1-13-11(12)14-4-8-2-3-9(5-14)15(8)10-6-16-7-10/h8-10H,2-7H2,1H3,(H2,12,13). The summed E-state index contributed by atoms with van der Waals surface area (Å²) >= 11 is 0. The van der Waals surface area contributed by atoms with Gasteiger partial charge in [-0.3, -0.25) is 9.89 Å². The molecule has 5 nitrogen and oxygen atoms in total. The summed E-state index contributed by atoms with van der Waals surface area (Å²) in [6, 6.07) is 1.99. The molecule has 5 heteroatoms. The van der Waals surface area contributed by atoms with Crippen LogP contribution >= 0.6 is 0 Å². The number of aliphatic imine (C=N–C) groups is 1. The summed E-state index contributed by atoms with van der Waals surface area (Å²) in [5.41, 5.74) is 5.90. The zero-order valence-electron chi connectivity index (χ0n) is 9.80. The van der Waals surface area contributed by atoms with Crippen molar-refractivity contribution in [3.63, 3.8) is 0 Å². The first-order valence-electron chi connectivity index (χ1n) is 6.12. The van der Waals surface area contributed by atoms with E-state index in [9.17, 15) is 0 Å². The summed E-state index contributed by atoms with van der Waals surface area (Å²) in [6.45, 7) is 3.92. The van der Waals surface area contributed by atoms with Crippen molar-refractivity contribution in [3.05, 3.63) is 0 Å². The van der Waals surface area contributed by atoms with E-state index in [1.54, 1.807) is 7.05 Å². The topological polar surface area (TPSA) is 54.1 Å². The zero-order valence-corrected chi connectivity index (χ0v) is 9.80. The van der Waals surface area contributed by atoms with Gasteiger partial charge >= 0.3 is 0 Å². The van der Waals surface area contributed by atoms with Gasteiger partial charge in [-0.25, -0.2) is 0 Å². The molecular formula is C11H20N4O. The van der Waals surface area contributed by atoms with Gasteiger partial charge in [-0.05, 0) is 12.8 Å². The molecule has 3 saturated heterocycles. The van der Waals surface area contributed by atoms with Crippen LogP contribution in [0, 0.1) is 0 Å². The zero-order chi connectivity index (χ0) is 11.1. The molecule has 90 valence electrons. The second-order valence-corrected chi connectivity index (χ2v) is 5.01. The summed E-state index contributed by atoms with van der Waals surface area (Å²) in [5.74, 6) is 0.696. The van der Waals surface area contributed by atoms with Gasteiger partial charge in [-0.2, -0.15) is 0 Å². The van der Waals surface area contributed by atoms with Crippen molar-refractivity contribution in [2.45, 2.75) is 31.0 Å². The van der Waals surface area contributed by atoms with Crippen molar-refractivity contribution in [3.8, 4) is 0 Å². The predicted molar refractivity (Wildman–Crippen MR) is 62.4 cm³/mol. The van der Waals surface area contributed by atoms with Crippen LogP contribution in [0.3, 0.4) is 0 Å². The van der Waals surface area contributed by atoms with E-state index in [2.05, 4.69) is 14.8 Å². The van der Waals surface area contributed by atoms with E-state index < -0.39 is 0 Å². The normalized spacial score (nSPS) is 36.6. The molecule has 3 aliphatic rings. The molecule has 2 N–H and O–H groups in total. The lowest BCUT2D eigenvalue weighted by Crippen LogP contribution is -2.63. The molecule has 3 rings (SSSR count). The van der Waals surface area contributed by atoms with Gasteiger partial charge in [0.25, 0.3) is 0 Å². The first kappa shape index (κ1) is 10.4. The number of rotatable bonds is 1. The van der Waals surface area contributed by atoms with Crippen LogP contribution in [0.2, 0.25) is 0 Å². The van der Waals surface area contributed by atoms with Gasteiger partial charge in [0.2, 0.25) is 0 Å². The maximum Gasteiger partial charge on any atom is 0.191 e. The summed E-state index contributed by atoms with van der Waals surface area (Å²) in [7, 11) is 1.77. The molecule has 3 aliphatic heterocycles. The van der Waals surface area contributed by atoms with Gasteiger partial charge in [-0.15, -0.1) is 0 Å². The number of hydrogen-bond acceptors (Lipinski definition) is 3. The Labute approximate surface area is 96.2 Å². The van der Waals surface area contributed by atoms with Crippen molar-refractivity contribution in [2.75, 3.05) is 33.4 Å². The third-order valence-corrected chi connectivity index (χ3v) is 4.13. The number of nitrogens with zero attached hydrogens (tertiary/aromatic N) is 3. The highest BCUT2D eigenvalue weighted by molar-refractivity contribution is 5.78. The van der Waals surface area contributed by atoms with Crippen molar-refractivity contribution in [1.29, 1.82) is 0 Å². The van der Waals surface area contributed by atoms with Gasteiger partial charge in [-0.1, -0.05) is 0 Å². The van der Waals surface area contributed by atoms with Crippen molar-refractivity contribution >= 4 is 5.96 Å². The molecule has 3 heterocycles. The van der Waals surface area contributed by atoms with Crippen LogP contribution in [0.1, 0.15) is 12.8 Å². The van der Waals surface area contributed by atoms with Crippen molar-refractivity contribution in [2.24, 2.45) is 10.7 Å². The fourth-order valence-corrected chi connectivity index (χ4v) is 3.26. The van der Waals surface area contributed by atoms with Crippen LogP contribution in [0.5, 0.6) is 0 Å². The lowest BCUT2D eigenvalue weighted by atomic mass is 10.1. The van der Waals surface area contributed by atoms with Gasteiger partial charge < -0.3 is 15.4 Å². The predicted octanol–water partition coefficient (Wildman–Crippen LogP) is -0.522. The number of guanidine groups is 1. The number of piperazine rings is 1. The van der Waals surface area contributed by atoms with Gasteiger partial charge in [0.1, 0.15) is 0 Å². The molecule has 3 fully saturated rings. The van der Waals surface area contributed by atoms with E-state index in [4.69, 9.17) is 10.5 Å². The first-order chi connectivity index (χ1) is 7.79. The number of hydrogen-bond donors (Lipinski definition) is 1. The minimum absolute atomic E-state index is 0.660. The first-order valence-corrected chi connectivity index (χ1v) is 6.12. The Balaban J connectivity index is 1.71. The monoisotopic (exact) mass is 224 g/mol. The lowest BCUT2D eigenvalue weighted by Gasteiger charge is -2.47.